The maximum atomic E-state index is 12.0. The van der Waals surface area contributed by atoms with E-state index in [1.54, 1.807) is 25.1 Å². The van der Waals surface area contributed by atoms with Crippen molar-refractivity contribution in [2.45, 2.75) is 39.9 Å². The van der Waals surface area contributed by atoms with E-state index in [1.165, 1.54) is 0 Å². The number of amides is 1. The standard InChI is InChI=1S/C14H21ClN2O2/c1-8(2)9(3)19-10(4)14(18)17-13-7-11(15)5-6-12(13)16/h5-10H,16H2,1-4H3,(H,17,18). The van der Waals surface area contributed by atoms with E-state index < -0.39 is 6.10 Å². The minimum Gasteiger partial charge on any atom is -0.397 e. The molecule has 0 aliphatic rings. The summed E-state index contributed by atoms with van der Waals surface area (Å²) in [6, 6.07) is 4.95. The average Bonchev–Trinajstić information content (AvgIpc) is 2.33. The highest BCUT2D eigenvalue weighted by molar-refractivity contribution is 6.31. The number of nitrogens with two attached hydrogens (primary N) is 1. The van der Waals surface area contributed by atoms with E-state index in [1.807, 2.05) is 20.8 Å². The van der Waals surface area contributed by atoms with Crippen LogP contribution in [0.5, 0.6) is 0 Å². The number of nitrogen functional groups attached to an aromatic ring is 1. The van der Waals surface area contributed by atoms with Gasteiger partial charge in [-0.25, -0.2) is 0 Å². The summed E-state index contributed by atoms with van der Waals surface area (Å²) in [5.41, 5.74) is 6.75. The second kappa shape index (κ2) is 6.78. The Morgan fingerprint density at radius 3 is 2.53 bits per heavy atom. The minimum atomic E-state index is -0.546. The van der Waals surface area contributed by atoms with Gasteiger partial charge in [0.05, 0.1) is 17.5 Å². The number of halogens is 1. The average molecular weight is 285 g/mol. The molecule has 3 N–H and O–H groups in total. The Balaban J connectivity index is 2.66. The van der Waals surface area contributed by atoms with Crippen molar-refractivity contribution in [2.24, 2.45) is 5.92 Å². The number of hydrogen-bond acceptors (Lipinski definition) is 3. The summed E-state index contributed by atoms with van der Waals surface area (Å²) >= 11 is 5.87. The van der Waals surface area contributed by atoms with Gasteiger partial charge in [0.15, 0.2) is 0 Å². The highest BCUT2D eigenvalue weighted by atomic mass is 35.5. The fourth-order valence-electron chi connectivity index (χ4n) is 1.41. The third kappa shape index (κ3) is 4.73. The zero-order valence-corrected chi connectivity index (χ0v) is 12.5. The minimum absolute atomic E-state index is 0.0115. The van der Waals surface area contributed by atoms with Crippen molar-refractivity contribution < 1.29 is 9.53 Å². The summed E-state index contributed by atoms with van der Waals surface area (Å²) < 4.78 is 5.63. The number of carbonyl (C=O) groups is 1. The van der Waals surface area contributed by atoms with E-state index in [4.69, 9.17) is 22.1 Å². The summed E-state index contributed by atoms with van der Waals surface area (Å²) in [6.45, 7) is 7.76. The molecule has 5 heteroatoms. The van der Waals surface area contributed by atoms with E-state index in [0.717, 1.165) is 0 Å². The van der Waals surface area contributed by atoms with Gasteiger partial charge in [-0.2, -0.15) is 0 Å². The van der Waals surface area contributed by atoms with Crippen molar-refractivity contribution in [2.75, 3.05) is 11.1 Å². The molecule has 0 radical (unpaired) electrons. The largest absolute Gasteiger partial charge is 0.397 e. The van der Waals surface area contributed by atoms with Gasteiger partial charge in [-0.3, -0.25) is 4.79 Å². The van der Waals surface area contributed by atoms with Crippen LogP contribution in [-0.2, 0) is 9.53 Å². The van der Waals surface area contributed by atoms with Gasteiger partial charge in [-0.05, 0) is 38.0 Å². The molecular weight excluding hydrogens is 264 g/mol. The molecule has 19 heavy (non-hydrogen) atoms. The van der Waals surface area contributed by atoms with Gasteiger partial charge in [0.2, 0.25) is 0 Å². The van der Waals surface area contributed by atoms with Crippen LogP contribution in [0.4, 0.5) is 11.4 Å². The van der Waals surface area contributed by atoms with Crippen LogP contribution in [0, 0.1) is 5.92 Å². The van der Waals surface area contributed by atoms with Gasteiger partial charge >= 0.3 is 0 Å². The lowest BCUT2D eigenvalue weighted by Gasteiger charge is -2.21. The second-order valence-electron chi connectivity index (χ2n) is 4.95. The Labute approximate surface area is 119 Å². The molecule has 0 spiro atoms. The second-order valence-corrected chi connectivity index (χ2v) is 5.38. The first-order valence-electron chi connectivity index (χ1n) is 6.32. The summed E-state index contributed by atoms with van der Waals surface area (Å²) in [5.74, 6) is 0.118. The quantitative estimate of drug-likeness (QED) is 0.815. The van der Waals surface area contributed by atoms with Crippen LogP contribution < -0.4 is 11.1 Å². The number of anilines is 2. The summed E-state index contributed by atoms with van der Waals surface area (Å²) in [4.78, 5) is 12.0. The molecule has 1 rings (SSSR count). The molecule has 0 fully saturated rings. The SMILES string of the molecule is CC(OC(C)C(C)C)C(=O)Nc1cc(Cl)ccc1N. The topological polar surface area (TPSA) is 64.3 Å². The molecule has 0 aliphatic heterocycles. The van der Waals surface area contributed by atoms with E-state index >= 15 is 0 Å². The Morgan fingerprint density at radius 1 is 1.32 bits per heavy atom. The highest BCUT2D eigenvalue weighted by Crippen LogP contribution is 2.23. The first kappa shape index (κ1) is 15.8. The van der Waals surface area contributed by atoms with E-state index in [2.05, 4.69) is 5.32 Å². The number of rotatable bonds is 5. The monoisotopic (exact) mass is 284 g/mol. The zero-order chi connectivity index (χ0) is 14.6. The van der Waals surface area contributed by atoms with E-state index in [0.29, 0.717) is 22.3 Å². The number of benzene rings is 1. The third-order valence-corrected chi connectivity index (χ3v) is 3.24. The number of nitrogens with one attached hydrogen (secondary N) is 1. The summed E-state index contributed by atoms with van der Waals surface area (Å²) in [7, 11) is 0. The normalized spacial score (nSPS) is 14.2. The van der Waals surface area contributed by atoms with Gasteiger partial charge in [0, 0.05) is 5.02 Å². The van der Waals surface area contributed by atoms with Gasteiger partial charge in [0.1, 0.15) is 6.10 Å². The lowest BCUT2D eigenvalue weighted by Crippen LogP contribution is -2.32. The zero-order valence-electron chi connectivity index (χ0n) is 11.7. The van der Waals surface area contributed by atoms with Crippen LogP contribution in [0.3, 0.4) is 0 Å². The van der Waals surface area contributed by atoms with Crippen LogP contribution in [0.25, 0.3) is 0 Å². The van der Waals surface area contributed by atoms with Crippen molar-refractivity contribution in [3.63, 3.8) is 0 Å². The number of carbonyl (C=O) groups excluding carboxylic acids is 1. The molecule has 106 valence electrons. The fourth-order valence-corrected chi connectivity index (χ4v) is 1.58. The molecule has 0 bridgehead atoms. The summed E-state index contributed by atoms with van der Waals surface area (Å²) in [6.07, 6.45) is -0.534. The van der Waals surface area contributed by atoms with Gasteiger partial charge in [-0.1, -0.05) is 25.4 Å². The first-order valence-corrected chi connectivity index (χ1v) is 6.70. The Hall–Kier alpha value is -1.26. The molecule has 1 amide bonds. The van der Waals surface area contributed by atoms with Gasteiger partial charge in [0.25, 0.3) is 5.91 Å². The number of ether oxygens (including phenoxy) is 1. The molecule has 2 unspecified atom stereocenters. The Morgan fingerprint density at radius 2 is 1.95 bits per heavy atom. The predicted molar refractivity (Wildman–Crippen MR) is 79.3 cm³/mol. The number of hydrogen-bond donors (Lipinski definition) is 2. The van der Waals surface area contributed by atoms with Crippen LogP contribution in [0.15, 0.2) is 18.2 Å². The molecule has 2 atom stereocenters. The van der Waals surface area contributed by atoms with Crippen LogP contribution >= 0.6 is 11.6 Å². The third-order valence-electron chi connectivity index (χ3n) is 3.00. The van der Waals surface area contributed by atoms with Crippen molar-refractivity contribution in [3.8, 4) is 0 Å². The van der Waals surface area contributed by atoms with Crippen LogP contribution in [0.1, 0.15) is 27.7 Å². The highest BCUT2D eigenvalue weighted by Gasteiger charge is 2.19. The van der Waals surface area contributed by atoms with E-state index in [9.17, 15) is 4.79 Å². The smallest absolute Gasteiger partial charge is 0.253 e. The Bertz CT molecular complexity index is 449. The van der Waals surface area contributed by atoms with Crippen molar-refractivity contribution in [1.29, 1.82) is 0 Å². The molecule has 0 aromatic heterocycles. The van der Waals surface area contributed by atoms with Crippen LogP contribution in [0.2, 0.25) is 5.02 Å². The first-order chi connectivity index (χ1) is 8.81. The molecule has 0 saturated carbocycles. The Kier molecular flexibility index (Phi) is 5.63. The van der Waals surface area contributed by atoms with Crippen molar-refractivity contribution >= 4 is 28.9 Å². The maximum absolute atomic E-state index is 12.0. The molecule has 0 saturated heterocycles. The van der Waals surface area contributed by atoms with Crippen LogP contribution in [-0.4, -0.2) is 18.1 Å². The molecule has 0 heterocycles. The molecule has 1 aromatic carbocycles. The lowest BCUT2D eigenvalue weighted by atomic mass is 10.1. The molecule has 1 aromatic rings. The summed E-state index contributed by atoms with van der Waals surface area (Å²) in [5, 5.41) is 3.24. The fraction of sp³-hybridized carbons (Fsp3) is 0.500. The lowest BCUT2D eigenvalue weighted by molar-refractivity contribution is -0.130. The molecule has 4 nitrogen and oxygen atoms in total. The van der Waals surface area contributed by atoms with Crippen molar-refractivity contribution in [1.82, 2.24) is 0 Å². The van der Waals surface area contributed by atoms with Crippen molar-refractivity contribution in [3.05, 3.63) is 23.2 Å². The van der Waals surface area contributed by atoms with E-state index in [-0.39, 0.29) is 12.0 Å². The van der Waals surface area contributed by atoms with Gasteiger partial charge < -0.3 is 15.8 Å². The predicted octanol–water partition coefficient (Wildman–Crippen LogP) is 3.31. The molecular formula is C14H21ClN2O2. The molecule has 0 aliphatic carbocycles. The maximum Gasteiger partial charge on any atom is 0.253 e. The van der Waals surface area contributed by atoms with Gasteiger partial charge in [-0.15, -0.1) is 0 Å².